The van der Waals surface area contributed by atoms with Crippen LogP contribution in [-0.4, -0.2) is 79.9 Å². The maximum Gasteiger partial charge on any atom is 0.260 e. The van der Waals surface area contributed by atoms with Gasteiger partial charge in [0, 0.05) is 43.7 Å². The van der Waals surface area contributed by atoms with Crippen molar-refractivity contribution in [2.45, 2.75) is 6.92 Å². The number of carbonyl (C=O) groups is 2. The summed E-state index contributed by atoms with van der Waals surface area (Å²) in [6.45, 7) is 5.74. The monoisotopic (exact) mass is 421 g/mol. The van der Waals surface area contributed by atoms with E-state index in [1.165, 1.54) is 0 Å². The Kier molecular flexibility index (Phi) is 6.01. The van der Waals surface area contributed by atoms with Crippen LogP contribution in [0.1, 0.15) is 15.9 Å². The van der Waals surface area contributed by atoms with Crippen LogP contribution in [0.2, 0.25) is 0 Å². The molecule has 0 bridgehead atoms. The number of hydrogen-bond acceptors (Lipinski definition) is 4. The molecule has 1 unspecified atom stereocenters. The van der Waals surface area contributed by atoms with Gasteiger partial charge < -0.3 is 19.4 Å². The van der Waals surface area contributed by atoms with Crippen molar-refractivity contribution in [2.75, 3.05) is 53.4 Å². The highest BCUT2D eigenvalue weighted by molar-refractivity contribution is 5.94. The van der Waals surface area contributed by atoms with Crippen molar-refractivity contribution >= 4 is 11.8 Å². The summed E-state index contributed by atoms with van der Waals surface area (Å²) < 4.78 is 5.70. The molecule has 0 aliphatic carbocycles. The first kappa shape index (κ1) is 21.4. The highest BCUT2D eigenvalue weighted by Crippen LogP contribution is 2.44. The summed E-state index contributed by atoms with van der Waals surface area (Å²) >= 11 is 0. The quantitative estimate of drug-likeness (QED) is 0.719. The van der Waals surface area contributed by atoms with Crippen LogP contribution in [0.3, 0.4) is 0 Å². The van der Waals surface area contributed by atoms with Gasteiger partial charge in [-0.1, -0.05) is 30.3 Å². The fourth-order valence-corrected chi connectivity index (χ4v) is 4.83. The van der Waals surface area contributed by atoms with Crippen LogP contribution in [0.25, 0.3) is 0 Å². The van der Waals surface area contributed by atoms with Crippen LogP contribution in [-0.2, 0) is 4.79 Å². The molecule has 2 saturated heterocycles. The summed E-state index contributed by atoms with van der Waals surface area (Å²) in [7, 11) is 4.12. The van der Waals surface area contributed by atoms with Crippen molar-refractivity contribution in [1.82, 2.24) is 14.7 Å². The topological polar surface area (TPSA) is 53.1 Å². The van der Waals surface area contributed by atoms with Crippen molar-refractivity contribution in [3.8, 4) is 5.75 Å². The van der Waals surface area contributed by atoms with E-state index in [2.05, 4.69) is 19.0 Å². The van der Waals surface area contributed by atoms with E-state index in [1.807, 2.05) is 71.3 Å². The van der Waals surface area contributed by atoms with Crippen LogP contribution in [0, 0.1) is 18.3 Å². The predicted molar refractivity (Wildman–Crippen MR) is 120 cm³/mol. The van der Waals surface area contributed by atoms with E-state index in [0.717, 1.165) is 30.0 Å². The van der Waals surface area contributed by atoms with Crippen molar-refractivity contribution in [1.29, 1.82) is 0 Å². The molecule has 31 heavy (non-hydrogen) atoms. The van der Waals surface area contributed by atoms with Gasteiger partial charge in [-0.3, -0.25) is 9.59 Å². The number of carbonyl (C=O) groups excluding carboxylic acids is 2. The van der Waals surface area contributed by atoms with Crippen LogP contribution >= 0.6 is 0 Å². The largest absolute Gasteiger partial charge is 0.484 e. The molecule has 0 aromatic heterocycles. The van der Waals surface area contributed by atoms with Gasteiger partial charge in [-0.15, -0.1) is 0 Å². The number of amides is 2. The Bertz CT molecular complexity index is 938. The predicted octanol–water partition coefficient (Wildman–Crippen LogP) is 2.54. The Hall–Kier alpha value is -2.86. The molecule has 1 atom stereocenters. The summed E-state index contributed by atoms with van der Waals surface area (Å²) in [6.07, 6.45) is 0. The molecule has 6 heteroatoms. The number of hydrogen-bond donors (Lipinski definition) is 0. The van der Waals surface area contributed by atoms with Crippen molar-refractivity contribution < 1.29 is 14.3 Å². The lowest BCUT2D eigenvalue weighted by Gasteiger charge is -2.51. The van der Waals surface area contributed by atoms with Crippen LogP contribution in [0.4, 0.5) is 0 Å². The summed E-state index contributed by atoms with van der Waals surface area (Å²) in [6, 6.07) is 17.2. The molecule has 4 rings (SSSR count). The minimum absolute atomic E-state index is 0.00331. The Balaban J connectivity index is 1.39. The van der Waals surface area contributed by atoms with Crippen molar-refractivity contribution in [2.24, 2.45) is 11.3 Å². The molecule has 2 fully saturated rings. The van der Waals surface area contributed by atoms with Crippen molar-refractivity contribution in [3.63, 3.8) is 0 Å². The van der Waals surface area contributed by atoms with Gasteiger partial charge in [-0.05, 0) is 56.8 Å². The summed E-state index contributed by atoms with van der Waals surface area (Å²) in [5.74, 6) is 1.14. The molecule has 6 nitrogen and oxygen atoms in total. The average Bonchev–Trinajstić information content (AvgIpc) is 3.10. The molecule has 2 aliphatic rings. The first-order chi connectivity index (χ1) is 14.9. The Morgan fingerprint density at radius 3 is 2.42 bits per heavy atom. The third-order valence-electron chi connectivity index (χ3n) is 6.42. The van der Waals surface area contributed by atoms with Crippen LogP contribution in [0.5, 0.6) is 5.75 Å². The van der Waals surface area contributed by atoms with Gasteiger partial charge in [0.05, 0.1) is 0 Å². The second-order valence-electron chi connectivity index (χ2n) is 9.23. The molecule has 2 heterocycles. The van der Waals surface area contributed by atoms with E-state index in [9.17, 15) is 9.59 Å². The summed E-state index contributed by atoms with van der Waals surface area (Å²) in [5, 5.41) is 0. The Morgan fingerprint density at radius 1 is 1.03 bits per heavy atom. The highest BCUT2D eigenvalue weighted by atomic mass is 16.5. The normalized spacial score (nSPS) is 19.5. The van der Waals surface area contributed by atoms with Gasteiger partial charge in [0.1, 0.15) is 5.75 Å². The van der Waals surface area contributed by atoms with Crippen LogP contribution < -0.4 is 4.74 Å². The maximum absolute atomic E-state index is 13.0. The molecule has 1 spiro atoms. The maximum atomic E-state index is 13.0. The molecule has 2 amide bonds. The minimum atomic E-state index is -0.0340. The lowest BCUT2D eigenvalue weighted by Crippen LogP contribution is -2.63. The second kappa shape index (κ2) is 8.71. The SMILES string of the molecule is Cc1cccc(OCC(=O)N2CC3(C2)CN(C(=O)c2ccccc2)CC3CN(C)C)c1. The van der Waals surface area contributed by atoms with Gasteiger partial charge in [0.15, 0.2) is 6.61 Å². The minimum Gasteiger partial charge on any atom is -0.484 e. The third-order valence-corrected chi connectivity index (χ3v) is 6.42. The van der Waals surface area contributed by atoms with E-state index in [-0.39, 0.29) is 23.8 Å². The second-order valence-corrected chi connectivity index (χ2v) is 9.23. The first-order valence-electron chi connectivity index (χ1n) is 10.8. The van der Waals surface area contributed by atoms with Gasteiger partial charge in [0.25, 0.3) is 11.8 Å². The zero-order chi connectivity index (χ0) is 22.0. The molecule has 2 aromatic carbocycles. The lowest BCUT2D eigenvalue weighted by molar-refractivity contribution is -0.147. The molecule has 164 valence electrons. The van der Waals surface area contributed by atoms with E-state index in [0.29, 0.717) is 25.6 Å². The zero-order valence-electron chi connectivity index (χ0n) is 18.6. The Morgan fingerprint density at radius 2 is 1.74 bits per heavy atom. The number of rotatable bonds is 6. The fourth-order valence-electron chi connectivity index (χ4n) is 4.83. The summed E-state index contributed by atoms with van der Waals surface area (Å²) in [5.41, 5.74) is 1.80. The van der Waals surface area contributed by atoms with E-state index in [4.69, 9.17) is 4.74 Å². The molecule has 0 N–H and O–H groups in total. The molecule has 0 saturated carbocycles. The lowest BCUT2D eigenvalue weighted by atomic mass is 9.71. The summed E-state index contributed by atoms with van der Waals surface area (Å²) in [4.78, 5) is 31.7. The molecular formula is C25H31N3O3. The van der Waals surface area contributed by atoms with Crippen LogP contribution in [0.15, 0.2) is 54.6 Å². The standard InChI is InChI=1S/C25H31N3O3/c1-19-8-7-11-22(12-19)31-15-23(29)28-17-25(18-28)16-27(14-21(25)13-26(2)3)24(30)20-9-5-4-6-10-20/h4-12,21H,13-18H2,1-3H3. The van der Waals surface area contributed by atoms with Gasteiger partial charge in [-0.25, -0.2) is 0 Å². The number of likely N-dealkylation sites (tertiary alicyclic amines) is 2. The van der Waals surface area contributed by atoms with Crippen molar-refractivity contribution in [3.05, 3.63) is 65.7 Å². The van der Waals surface area contributed by atoms with Gasteiger partial charge in [0.2, 0.25) is 0 Å². The van der Waals surface area contributed by atoms with Gasteiger partial charge in [-0.2, -0.15) is 0 Å². The average molecular weight is 422 g/mol. The zero-order valence-corrected chi connectivity index (χ0v) is 18.6. The number of ether oxygens (including phenoxy) is 1. The molecule has 2 aliphatic heterocycles. The third kappa shape index (κ3) is 4.59. The van der Waals surface area contributed by atoms with E-state index >= 15 is 0 Å². The number of nitrogens with zero attached hydrogens (tertiary/aromatic N) is 3. The van der Waals surface area contributed by atoms with E-state index in [1.54, 1.807) is 0 Å². The number of aryl methyl sites for hydroxylation is 1. The smallest absolute Gasteiger partial charge is 0.260 e. The van der Waals surface area contributed by atoms with Gasteiger partial charge >= 0.3 is 0 Å². The highest BCUT2D eigenvalue weighted by Gasteiger charge is 2.56. The molecule has 2 aromatic rings. The Labute approximate surface area is 184 Å². The number of benzene rings is 2. The molecular weight excluding hydrogens is 390 g/mol. The van der Waals surface area contributed by atoms with E-state index < -0.39 is 0 Å². The fraction of sp³-hybridized carbons (Fsp3) is 0.440. The molecule has 0 radical (unpaired) electrons. The first-order valence-corrected chi connectivity index (χ1v) is 10.8.